The highest BCUT2D eigenvalue weighted by molar-refractivity contribution is 5.72. The van der Waals surface area contributed by atoms with Crippen molar-refractivity contribution in [2.75, 3.05) is 24.5 Å². The van der Waals surface area contributed by atoms with Crippen LogP contribution in [0.3, 0.4) is 0 Å². The molecule has 0 radical (unpaired) electrons. The zero-order chi connectivity index (χ0) is 13.9. The maximum absolute atomic E-state index is 14.4. The largest absolute Gasteiger partial charge is 0.356 e. The number of nitrogens with one attached hydrogen (secondary N) is 1. The van der Waals surface area contributed by atoms with Crippen molar-refractivity contribution in [3.63, 3.8) is 0 Å². The Morgan fingerprint density at radius 1 is 1.53 bits per heavy atom. The van der Waals surface area contributed by atoms with E-state index in [1.54, 1.807) is 6.20 Å². The van der Waals surface area contributed by atoms with Crippen LogP contribution < -0.4 is 10.2 Å². The summed E-state index contributed by atoms with van der Waals surface area (Å²) in [6.07, 6.45) is 2.51. The molecule has 0 unspecified atom stereocenters. The third-order valence-electron chi connectivity index (χ3n) is 3.40. The Balaban J connectivity index is 1.93. The fourth-order valence-corrected chi connectivity index (χ4v) is 2.22. The summed E-state index contributed by atoms with van der Waals surface area (Å²) in [5.41, 5.74) is -1.30. The molecule has 0 atom stereocenters. The summed E-state index contributed by atoms with van der Waals surface area (Å²) < 4.78 is 14.4. The van der Waals surface area contributed by atoms with Gasteiger partial charge in [0.25, 0.3) is 0 Å². The fourth-order valence-electron chi connectivity index (χ4n) is 2.22. The number of rotatable bonds is 3. The summed E-state index contributed by atoms with van der Waals surface area (Å²) in [4.78, 5) is 21.3. The van der Waals surface area contributed by atoms with E-state index < -0.39 is 5.67 Å². The lowest BCUT2D eigenvalue weighted by atomic mass is 9.93. The van der Waals surface area contributed by atoms with Crippen LogP contribution in [0.25, 0.3) is 0 Å². The molecule has 5 nitrogen and oxygen atoms in total. The first-order valence-corrected chi connectivity index (χ1v) is 6.46. The quantitative estimate of drug-likeness (QED) is 0.894. The Labute approximate surface area is 112 Å². The first-order chi connectivity index (χ1) is 8.98. The van der Waals surface area contributed by atoms with Gasteiger partial charge in [0.2, 0.25) is 5.91 Å². The van der Waals surface area contributed by atoms with Crippen molar-refractivity contribution in [1.82, 2.24) is 15.3 Å². The van der Waals surface area contributed by atoms with Gasteiger partial charge >= 0.3 is 0 Å². The van der Waals surface area contributed by atoms with E-state index in [2.05, 4.69) is 20.2 Å². The van der Waals surface area contributed by atoms with Gasteiger partial charge in [-0.2, -0.15) is 0 Å². The smallest absolute Gasteiger partial charge is 0.216 e. The Morgan fingerprint density at radius 2 is 2.21 bits per heavy atom. The van der Waals surface area contributed by atoms with E-state index in [0.29, 0.717) is 31.8 Å². The number of anilines is 1. The molecule has 0 spiro atoms. The Morgan fingerprint density at radius 3 is 2.79 bits per heavy atom. The van der Waals surface area contributed by atoms with Crippen LogP contribution in [0.5, 0.6) is 0 Å². The average Bonchev–Trinajstić information content (AvgIpc) is 2.37. The highest BCUT2D eigenvalue weighted by Crippen LogP contribution is 2.28. The number of carbonyl (C=O) groups excluding carboxylic acids is 1. The van der Waals surface area contributed by atoms with Crippen molar-refractivity contribution in [1.29, 1.82) is 0 Å². The number of aryl methyl sites for hydroxylation is 1. The minimum absolute atomic E-state index is 0.0962. The van der Waals surface area contributed by atoms with Crippen LogP contribution in [0.15, 0.2) is 12.3 Å². The van der Waals surface area contributed by atoms with E-state index in [9.17, 15) is 9.18 Å². The lowest BCUT2D eigenvalue weighted by molar-refractivity contribution is -0.119. The lowest BCUT2D eigenvalue weighted by Gasteiger charge is -2.37. The number of carbonyl (C=O) groups is 1. The number of alkyl halides is 1. The number of aromatic nitrogens is 2. The molecular weight excluding hydrogens is 247 g/mol. The second kappa shape index (κ2) is 5.50. The predicted molar refractivity (Wildman–Crippen MR) is 70.7 cm³/mol. The molecule has 6 heteroatoms. The second-order valence-corrected chi connectivity index (χ2v) is 5.01. The van der Waals surface area contributed by atoms with E-state index in [-0.39, 0.29) is 12.5 Å². The van der Waals surface area contributed by atoms with Crippen molar-refractivity contribution in [2.24, 2.45) is 0 Å². The molecule has 0 aliphatic carbocycles. The van der Waals surface area contributed by atoms with E-state index in [1.807, 2.05) is 13.0 Å². The summed E-state index contributed by atoms with van der Waals surface area (Å²) in [7, 11) is 0. The molecule has 19 heavy (non-hydrogen) atoms. The molecule has 0 saturated carbocycles. The standard InChI is InChI=1S/C13H19FN4O/c1-10-15-6-3-12(17-10)18-7-4-13(14,5-8-18)9-16-11(2)19/h3,6H,4-5,7-9H2,1-2H3,(H,16,19). The summed E-state index contributed by atoms with van der Waals surface area (Å²) in [5, 5.41) is 2.56. The lowest BCUT2D eigenvalue weighted by Crippen LogP contribution is -2.48. The van der Waals surface area contributed by atoms with Crippen molar-refractivity contribution < 1.29 is 9.18 Å². The molecule has 2 heterocycles. The second-order valence-electron chi connectivity index (χ2n) is 5.01. The number of hydrogen-bond acceptors (Lipinski definition) is 4. The Hall–Kier alpha value is -1.72. The van der Waals surface area contributed by atoms with Crippen LogP contribution in [-0.4, -0.2) is 41.2 Å². The van der Waals surface area contributed by atoms with Crippen LogP contribution in [0.4, 0.5) is 10.2 Å². The Kier molecular flexibility index (Phi) is 3.97. The van der Waals surface area contributed by atoms with Gasteiger partial charge < -0.3 is 10.2 Å². The minimum atomic E-state index is -1.30. The molecule has 1 amide bonds. The molecule has 0 bridgehead atoms. The zero-order valence-electron chi connectivity index (χ0n) is 11.3. The molecule has 1 aromatic rings. The number of nitrogens with zero attached hydrogens (tertiary/aromatic N) is 3. The van der Waals surface area contributed by atoms with Gasteiger partial charge in [-0.25, -0.2) is 14.4 Å². The SMILES string of the molecule is CC(=O)NCC1(F)CCN(c2ccnc(C)n2)CC1. The molecule has 1 aliphatic rings. The highest BCUT2D eigenvalue weighted by Gasteiger charge is 2.35. The molecule has 1 aromatic heterocycles. The number of hydrogen-bond donors (Lipinski definition) is 1. The highest BCUT2D eigenvalue weighted by atomic mass is 19.1. The molecule has 104 valence electrons. The van der Waals surface area contributed by atoms with Crippen LogP contribution in [-0.2, 0) is 4.79 Å². The van der Waals surface area contributed by atoms with E-state index in [4.69, 9.17) is 0 Å². The Bertz CT molecular complexity index is 458. The maximum atomic E-state index is 14.4. The number of piperidine rings is 1. The van der Waals surface area contributed by atoms with Gasteiger partial charge in [0.15, 0.2) is 0 Å². The minimum Gasteiger partial charge on any atom is -0.356 e. The fraction of sp³-hybridized carbons (Fsp3) is 0.615. The van der Waals surface area contributed by atoms with E-state index in [1.165, 1.54) is 6.92 Å². The maximum Gasteiger partial charge on any atom is 0.216 e. The molecule has 2 rings (SSSR count). The van der Waals surface area contributed by atoms with Crippen LogP contribution in [0.2, 0.25) is 0 Å². The van der Waals surface area contributed by atoms with Gasteiger partial charge in [-0.3, -0.25) is 4.79 Å². The summed E-state index contributed by atoms with van der Waals surface area (Å²) >= 11 is 0. The first-order valence-electron chi connectivity index (χ1n) is 6.46. The van der Waals surface area contributed by atoms with Crippen molar-refractivity contribution in [3.05, 3.63) is 18.1 Å². The molecule has 1 fully saturated rings. The number of amides is 1. The van der Waals surface area contributed by atoms with Crippen LogP contribution >= 0.6 is 0 Å². The topological polar surface area (TPSA) is 58.1 Å². The molecule has 1 N–H and O–H groups in total. The van der Waals surface area contributed by atoms with Gasteiger partial charge in [-0.15, -0.1) is 0 Å². The van der Waals surface area contributed by atoms with Crippen LogP contribution in [0.1, 0.15) is 25.6 Å². The van der Waals surface area contributed by atoms with Gasteiger partial charge in [0.1, 0.15) is 17.3 Å². The zero-order valence-corrected chi connectivity index (χ0v) is 11.3. The van der Waals surface area contributed by atoms with Gasteiger partial charge in [-0.05, 0) is 13.0 Å². The average molecular weight is 266 g/mol. The first kappa shape index (κ1) is 13.7. The molecule has 1 aliphatic heterocycles. The van der Waals surface area contributed by atoms with E-state index >= 15 is 0 Å². The van der Waals surface area contributed by atoms with Gasteiger partial charge in [0.05, 0.1) is 6.54 Å². The third kappa shape index (κ3) is 3.62. The van der Waals surface area contributed by atoms with Crippen molar-refractivity contribution in [2.45, 2.75) is 32.4 Å². The van der Waals surface area contributed by atoms with Gasteiger partial charge in [0, 0.05) is 39.1 Å². The van der Waals surface area contributed by atoms with Gasteiger partial charge in [-0.1, -0.05) is 0 Å². The predicted octanol–water partition coefficient (Wildman–Crippen LogP) is 1.23. The summed E-state index contributed by atoms with van der Waals surface area (Å²) in [5.74, 6) is 1.37. The molecule has 1 saturated heterocycles. The third-order valence-corrected chi connectivity index (χ3v) is 3.40. The molecular formula is C13H19FN4O. The summed E-state index contributed by atoms with van der Waals surface area (Å²) in [6, 6.07) is 1.84. The molecule has 0 aromatic carbocycles. The normalized spacial score (nSPS) is 18.2. The number of halogens is 1. The van der Waals surface area contributed by atoms with E-state index in [0.717, 1.165) is 5.82 Å². The monoisotopic (exact) mass is 266 g/mol. The van der Waals surface area contributed by atoms with Crippen molar-refractivity contribution >= 4 is 11.7 Å². The van der Waals surface area contributed by atoms with Crippen LogP contribution in [0, 0.1) is 6.92 Å². The van der Waals surface area contributed by atoms with Crippen molar-refractivity contribution in [3.8, 4) is 0 Å². The summed E-state index contributed by atoms with van der Waals surface area (Å²) in [6.45, 7) is 4.55.